The molecule has 0 bridgehead atoms. The number of hydrogen-bond acceptors (Lipinski definition) is 2. The van der Waals surface area contributed by atoms with Gasteiger partial charge in [-0.15, -0.1) is 0 Å². The second-order valence-corrected chi connectivity index (χ2v) is 4.42. The van der Waals surface area contributed by atoms with Crippen LogP contribution < -0.4 is 10.1 Å². The fourth-order valence-electron chi connectivity index (χ4n) is 1.79. The predicted molar refractivity (Wildman–Crippen MR) is 73.6 cm³/mol. The molecule has 17 heavy (non-hydrogen) atoms. The van der Waals surface area contributed by atoms with Crippen molar-refractivity contribution < 1.29 is 4.74 Å². The first kappa shape index (κ1) is 14.0. The van der Waals surface area contributed by atoms with E-state index in [-0.39, 0.29) is 0 Å². The summed E-state index contributed by atoms with van der Waals surface area (Å²) in [5.41, 5.74) is 1.26. The maximum atomic E-state index is 5.77. The fourth-order valence-corrected chi connectivity index (χ4v) is 1.79. The van der Waals surface area contributed by atoms with Gasteiger partial charge in [-0.25, -0.2) is 0 Å². The van der Waals surface area contributed by atoms with Crippen LogP contribution in [0.3, 0.4) is 0 Å². The van der Waals surface area contributed by atoms with Gasteiger partial charge in [-0.3, -0.25) is 0 Å². The molecule has 0 spiro atoms. The Hall–Kier alpha value is -1.02. The summed E-state index contributed by atoms with van der Waals surface area (Å²) in [6.07, 6.45) is 3.50. The largest absolute Gasteiger partial charge is 0.493 e. The molecule has 0 aliphatic carbocycles. The van der Waals surface area contributed by atoms with Gasteiger partial charge in [0.1, 0.15) is 5.75 Å². The highest BCUT2D eigenvalue weighted by Gasteiger charge is 2.09. The van der Waals surface area contributed by atoms with Crippen LogP contribution in [-0.4, -0.2) is 13.2 Å². The Morgan fingerprint density at radius 3 is 2.65 bits per heavy atom. The topological polar surface area (TPSA) is 21.3 Å². The van der Waals surface area contributed by atoms with E-state index in [2.05, 4.69) is 44.3 Å². The van der Waals surface area contributed by atoms with Gasteiger partial charge in [0.25, 0.3) is 0 Å². The van der Waals surface area contributed by atoms with E-state index in [9.17, 15) is 0 Å². The number of nitrogens with one attached hydrogen (secondary N) is 1. The Morgan fingerprint density at radius 2 is 1.94 bits per heavy atom. The van der Waals surface area contributed by atoms with E-state index < -0.39 is 0 Å². The van der Waals surface area contributed by atoms with Crippen LogP contribution in [0.4, 0.5) is 0 Å². The number of hydrogen-bond donors (Lipinski definition) is 1. The smallest absolute Gasteiger partial charge is 0.124 e. The van der Waals surface area contributed by atoms with Crippen molar-refractivity contribution in [2.45, 2.75) is 46.1 Å². The molecule has 0 unspecified atom stereocenters. The molecule has 1 atom stereocenters. The molecule has 0 aliphatic rings. The quantitative estimate of drug-likeness (QED) is 0.689. The number of benzene rings is 1. The minimum atomic E-state index is 0.356. The molecule has 0 aliphatic heterocycles. The number of unbranched alkanes of at least 4 members (excludes halogenated alkanes) is 1. The Labute approximate surface area is 105 Å². The number of ether oxygens (including phenoxy) is 1. The Bertz CT molecular complexity index is 312. The molecule has 0 fully saturated rings. The minimum absolute atomic E-state index is 0.356. The van der Waals surface area contributed by atoms with Crippen LogP contribution in [0.2, 0.25) is 0 Å². The summed E-state index contributed by atoms with van der Waals surface area (Å²) in [7, 11) is 0. The molecular formula is C15H25NO. The lowest BCUT2D eigenvalue weighted by molar-refractivity contribution is 0.311. The predicted octanol–water partition coefficient (Wildman–Crippen LogP) is 3.93. The monoisotopic (exact) mass is 235 g/mol. The van der Waals surface area contributed by atoms with Crippen molar-refractivity contribution in [3.63, 3.8) is 0 Å². The van der Waals surface area contributed by atoms with Crippen LogP contribution in [-0.2, 0) is 0 Å². The molecule has 2 heteroatoms. The third kappa shape index (κ3) is 4.78. The van der Waals surface area contributed by atoms with Crippen molar-refractivity contribution in [2.75, 3.05) is 13.2 Å². The third-order valence-corrected chi connectivity index (χ3v) is 2.83. The summed E-state index contributed by atoms with van der Waals surface area (Å²) in [6, 6.07) is 8.67. The first-order chi connectivity index (χ1) is 8.29. The van der Waals surface area contributed by atoms with E-state index in [1.807, 2.05) is 6.07 Å². The van der Waals surface area contributed by atoms with Gasteiger partial charge >= 0.3 is 0 Å². The fraction of sp³-hybridized carbons (Fsp3) is 0.600. The van der Waals surface area contributed by atoms with Crippen molar-refractivity contribution in [3.05, 3.63) is 29.8 Å². The van der Waals surface area contributed by atoms with Gasteiger partial charge in [0.15, 0.2) is 0 Å². The van der Waals surface area contributed by atoms with Gasteiger partial charge in [-0.05, 0) is 32.4 Å². The van der Waals surface area contributed by atoms with Crippen LogP contribution in [0.5, 0.6) is 5.75 Å². The Morgan fingerprint density at radius 1 is 1.18 bits per heavy atom. The molecule has 0 aromatic heterocycles. The van der Waals surface area contributed by atoms with Gasteiger partial charge < -0.3 is 10.1 Å². The molecule has 96 valence electrons. The zero-order valence-electron chi connectivity index (χ0n) is 11.3. The zero-order chi connectivity index (χ0) is 12.5. The van der Waals surface area contributed by atoms with Gasteiger partial charge in [0.2, 0.25) is 0 Å². The molecule has 0 heterocycles. The highest BCUT2D eigenvalue weighted by Crippen LogP contribution is 2.24. The molecule has 1 N–H and O–H groups in total. The lowest BCUT2D eigenvalue weighted by Gasteiger charge is -2.18. The number of para-hydroxylation sites is 1. The molecule has 0 saturated heterocycles. The maximum absolute atomic E-state index is 5.77. The molecule has 0 saturated carbocycles. The Kier molecular flexibility index (Phi) is 6.71. The first-order valence-electron chi connectivity index (χ1n) is 6.74. The summed E-state index contributed by atoms with van der Waals surface area (Å²) in [5.74, 6) is 1.02. The average molecular weight is 235 g/mol. The zero-order valence-corrected chi connectivity index (χ0v) is 11.3. The second kappa shape index (κ2) is 8.13. The van der Waals surface area contributed by atoms with Crippen molar-refractivity contribution >= 4 is 0 Å². The van der Waals surface area contributed by atoms with Crippen LogP contribution in [0.1, 0.15) is 51.6 Å². The lowest BCUT2D eigenvalue weighted by atomic mass is 10.1. The second-order valence-electron chi connectivity index (χ2n) is 4.42. The molecule has 0 amide bonds. The van der Waals surface area contributed by atoms with Crippen LogP contribution in [0.15, 0.2) is 24.3 Å². The Balaban J connectivity index is 2.60. The van der Waals surface area contributed by atoms with E-state index in [1.165, 1.54) is 18.4 Å². The van der Waals surface area contributed by atoms with E-state index in [0.717, 1.165) is 25.3 Å². The van der Waals surface area contributed by atoms with Crippen LogP contribution >= 0.6 is 0 Å². The van der Waals surface area contributed by atoms with E-state index in [0.29, 0.717) is 6.04 Å². The standard InChI is InChI=1S/C15H25NO/c1-4-6-11-16-13(3)14-9-7-8-10-15(14)17-12-5-2/h7-10,13,16H,4-6,11-12H2,1-3H3/t13-/m1/s1. The van der Waals surface area contributed by atoms with E-state index >= 15 is 0 Å². The van der Waals surface area contributed by atoms with Gasteiger partial charge in [-0.2, -0.15) is 0 Å². The lowest BCUT2D eigenvalue weighted by Crippen LogP contribution is -2.20. The van der Waals surface area contributed by atoms with Crippen molar-refractivity contribution in [2.24, 2.45) is 0 Å². The van der Waals surface area contributed by atoms with E-state index in [4.69, 9.17) is 4.74 Å². The highest BCUT2D eigenvalue weighted by atomic mass is 16.5. The minimum Gasteiger partial charge on any atom is -0.493 e. The van der Waals surface area contributed by atoms with Crippen molar-refractivity contribution in [3.8, 4) is 5.75 Å². The molecule has 2 nitrogen and oxygen atoms in total. The molecule has 1 aromatic rings. The average Bonchev–Trinajstić information content (AvgIpc) is 2.37. The summed E-state index contributed by atoms with van der Waals surface area (Å²) < 4.78 is 5.77. The maximum Gasteiger partial charge on any atom is 0.124 e. The third-order valence-electron chi connectivity index (χ3n) is 2.83. The van der Waals surface area contributed by atoms with Crippen LogP contribution in [0, 0.1) is 0 Å². The summed E-state index contributed by atoms with van der Waals surface area (Å²) in [5, 5.41) is 3.54. The number of rotatable bonds is 8. The normalized spacial score (nSPS) is 12.4. The summed E-state index contributed by atoms with van der Waals surface area (Å²) in [6.45, 7) is 8.40. The van der Waals surface area contributed by atoms with Crippen molar-refractivity contribution in [1.29, 1.82) is 0 Å². The van der Waals surface area contributed by atoms with Gasteiger partial charge in [0.05, 0.1) is 6.61 Å². The molecule has 0 radical (unpaired) electrons. The molecule has 1 aromatic carbocycles. The molecular weight excluding hydrogens is 210 g/mol. The van der Waals surface area contributed by atoms with E-state index in [1.54, 1.807) is 0 Å². The first-order valence-corrected chi connectivity index (χ1v) is 6.74. The van der Waals surface area contributed by atoms with Gasteiger partial charge in [0, 0.05) is 11.6 Å². The summed E-state index contributed by atoms with van der Waals surface area (Å²) in [4.78, 5) is 0. The van der Waals surface area contributed by atoms with Crippen LogP contribution in [0.25, 0.3) is 0 Å². The summed E-state index contributed by atoms with van der Waals surface area (Å²) >= 11 is 0. The highest BCUT2D eigenvalue weighted by molar-refractivity contribution is 5.35. The molecule has 1 rings (SSSR count). The van der Waals surface area contributed by atoms with Gasteiger partial charge in [-0.1, -0.05) is 38.5 Å². The SMILES string of the molecule is CCCCN[C@H](C)c1ccccc1OCCC. The van der Waals surface area contributed by atoms with Crippen molar-refractivity contribution in [1.82, 2.24) is 5.32 Å².